The number of H-pyrrole nitrogens is 1. The van der Waals surface area contributed by atoms with Crippen LogP contribution in [0.1, 0.15) is 26.2 Å². The predicted molar refractivity (Wildman–Crippen MR) is 80.6 cm³/mol. The van der Waals surface area contributed by atoms with Crippen LogP contribution in [0.2, 0.25) is 0 Å². The van der Waals surface area contributed by atoms with Crippen molar-refractivity contribution in [3.8, 4) is 0 Å². The molecule has 112 valence electrons. The summed E-state index contributed by atoms with van der Waals surface area (Å²) in [6, 6.07) is 0. The van der Waals surface area contributed by atoms with Gasteiger partial charge < -0.3 is 15.0 Å². The molecule has 2 atom stereocenters. The molecule has 0 radical (unpaired) electrons. The topological polar surface area (TPSA) is 79.0 Å². The van der Waals surface area contributed by atoms with Gasteiger partial charge in [0.2, 0.25) is 5.95 Å². The van der Waals surface area contributed by atoms with Gasteiger partial charge in [0.1, 0.15) is 5.82 Å². The van der Waals surface area contributed by atoms with Gasteiger partial charge in [-0.05, 0) is 19.3 Å². The quantitative estimate of drug-likeness (QED) is 0.888. The summed E-state index contributed by atoms with van der Waals surface area (Å²) in [4.78, 5) is 11.5. The van der Waals surface area contributed by atoms with E-state index >= 15 is 0 Å². The highest BCUT2D eigenvalue weighted by Gasteiger charge is 2.35. The van der Waals surface area contributed by atoms with Crippen molar-refractivity contribution in [3.05, 3.63) is 6.20 Å². The zero-order valence-electron chi connectivity index (χ0n) is 12.2. The van der Waals surface area contributed by atoms with E-state index in [1.165, 1.54) is 0 Å². The molecule has 2 unspecified atom stereocenters. The Hall–Kier alpha value is -1.89. The van der Waals surface area contributed by atoms with Crippen LogP contribution >= 0.6 is 0 Å². The van der Waals surface area contributed by atoms with Crippen molar-refractivity contribution in [2.24, 2.45) is 0 Å². The number of fused-ring (bicyclic) bond motifs is 3. The van der Waals surface area contributed by atoms with Crippen LogP contribution in [0.4, 0.5) is 11.8 Å². The number of rotatable bonds is 4. The number of morpholine rings is 1. The Kier molecular flexibility index (Phi) is 3.14. The molecule has 4 heterocycles. The third-order valence-electron chi connectivity index (χ3n) is 4.17. The standard InChI is InChI=1S/C14H20N6O/c1-2-5-15-14-17-12-11(6-16-19-12)13(18-14)20-7-9-3-4-10(8-20)21-9/h6,9-10H,2-5,7-8H2,1H3,(H2,15,16,17,18,19). The van der Waals surface area contributed by atoms with Crippen molar-refractivity contribution in [2.75, 3.05) is 29.9 Å². The number of aromatic nitrogens is 4. The van der Waals surface area contributed by atoms with Crippen LogP contribution in [0.5, 0.6) is 0 Å². The molecule has 2 saturated heterocycles. The third-order valence-corrected chi connectivity index (χ3v) is 4.17. The van der Waals surface area contributed by atoms with E-state index in [1.54, 1.807) is 0 Å². The minimum atomic E-state index is 0.340. The molecule has 2 aromatic heterocycles. The molecule has 2 fully saturated rings. The van der Waals surface area contributed by atoms with Gasteiger partial charge in [0.25, 0.3) is 0 Å². The van der Waals surface area contributed by atoms with Gasteiger partial charge in [0, 0.05) is 19.6 Å². The summed E-state index contributed by atoms with van der Waals surface area (Å²) in [7, 11) is 0. The lowest BCUT2D eigenvalue weighted by Crippen LogP contribution is -2.43. The van der Waals surface area contributed by atoms with Gasteiger partial charge in [-0.25, -0.2) is 0 Å². The van der Waals surface area contributed by atoms with Crippen LogP contribution in [0.15, 0.2) is 6.20 Å². The highest BCUT2D eigenvalue weighted by atomic mass is 16.5. The van der Waals surface area contributed by atoms with Crippen molar-refractivity contribution in [1.29, 1.82) is 0 Å². The van der Waals surface area contributed by atoms with Crippen molar-refractivity contribution in [3.63, 3.8) is 0 Å². The number of nitrogens with zero attached hydrogens (tertiary/aromatic N) is 4. The molecule has 2 aliphatic heterocycles. The highest BCUT2D eigenvalue weighted by Crippen LogP contribution is 2.32. The van der Waals surface area contributed by atoms with E-state index < -0.39 is 0 Å². The number of hydrogen-bond acceptors (Lipinski definition) is 6. The number of hydrogen-bond donors (Lipinski definition) is 2. The molecule has 2 N–H and O–H groups in total. The molecule has 0 aromatic carbocycles. The molecular formula is C14H20N6O. The summed E-state index contributed by atoms with van der Waals surface area (Å²) in [6.45, 7) is 4.80. The molecule has 0 saturated carbocycles. The van der Waals surface area contributed by atoms with Gasteiger partial charge in [-0.1, -0.05) is 6.92 Å². The summed E-state index contributed by atoms with van der Waals surface area (Å²) in [6.07, 6.45) is 5.84. The Bertz CT molecular complexity index is 629. The maximum atomic E-state index is 5.91. The molecule has 4 rings (SSSR count). The van der Waals surface area contributed by atoms with Crippen LogP contribution < -0.4 is 10.2 Å². The van der Waals surface area contributed by atoms with E-state index in [9.17, 15) is 0 Å². The first kappa shape index (κ1) is 12.8. The molecule has 0 aliphatic carbocycles. The Labute approximate surface area is 123 Å². The second kappa shape index (κ2) is 5.14. The summed E-state index contributed by atoms with van der Waals surface area (Å²) in [5.41, 5.74) is 0.789. The van der Waals surface area contributed by atoms with Crippen LogP contribution in [-0.2, 0) is 4.74 Å². The number of ether oxygens (including phenoxy) is 1. The van der Waals surface area contributed by atoms with Crippen LogP contribution in [0.3, 0.4) is 0 Å². The summed E-state index contributed by atoms with van der Waals surface area (Å²) in [5.74, 6) is 1.63. The van der Waals surface area contributed by atoms with E-state index in [4.69, 9.17) is 9.72 Å². The first-order valence-electron chi connectivity index (χ1n) is 7.69. The lowest BCUT2D eigenvalue weighted by Gasteiger charge is -2.33. The number of aromatic amines is 1. The number of anilines is 2. The second-order valence-corrected chi connectivity index (χ2v) is 5.79. The van der Waals surface area contributed by atoms with E-state index in [0.29, 0.717) is 18.2 Å². The maximum absolute atomic E-state index is 5.91. The van der Waals surface area contributed by atoms with E-state index in [2.05, 4.69) is 32.3 Å². The molecule has 0 amide bonds. The Morgan fingerprint density at radius 3 is 2.90 bits per heavy atom. The normalized spacial score (nSPS) is 24.7. The fourth-order valence-electron chi connectivity index (χ4n) is 3.16. The van der Waals surface area contributed by atoms with Gasteiger partial charge in [-0.3, -0.25) is 5.10 Å². The Balaban J connectivity index is 1.70. The number of nitrogens with one attached hydrogen (secondary N) is 2. The average molecular weight is 288 g/mol. The van der Waals surface area contributed by atoms with Crippen molar-refractivity contribution >= 4 is 22.8 Å². The molecule has 0 spiro atoms. The molecule has 2 aliphatic rings. The molecule has 2 bridgehead atoms. The van der Waals surface area contributed by atoms with E-state index in [-0.39, 0.29) is 0 Å². The van der Waals surface area contributed by atoms with Crippen molar-refractivity contribution in [1.82, 2.24) is 20.2 Å². The van der Waals surface area contributed by atoms with Gasteiger partial charge in [-0.2, -0.15) is 15.1 Å². The van der Waals surface area contributed by atoms with Gasteiger partial charge in [0.05, 0.1) is 23.8 Å². The minimum absolute atomic E-state index is 0.340. The molecule has 21 heavy (non-hydrogen) atoms. The lowest BCUT2D eigenvalue weighted by molar-refractivity contribution is 0.0303. The lowest BCUT2D eigenvalue weighted by atomic mass is 10.2. The molecule has 7 heteroatoms. The first-order chi connectivity index (χ1) is 10.3. The third kappa shape index (κ3) is 2.31. The smallest absolute Gasteiger partial charge is 0.226 e. The molecule has 7 nitrogen and oxygen atoms in total. The molecule has 2 aromatic rings. The molecular weight excluding hydrogens is 268 g/mol. The largest absolute Gasteiger partial charge is 0.371 e. The highest BCUT2D eigenvalue weighted by molar-refractivity contribution is 5.87. The van der Waals surface area contributed by atoms with Crippen molar-refractivity contribution < 1.29 is 4.74 Å². The van der Waals surface area contributed by atoms with E-state index in [1.807, 2.05) is 6.20 Å². The first-order valence-corrected chi connectivity index (χ1v) is 7.69. The Morgan fingerprint density at radius 2 is 2.14 bits per heavy atom. The van der Waals surface area contributed by atoms with Crippen LogP contribution in [0.25, 0.3) is 11.0 Å². The maximum Gasteiger partial charge on any atom is 0.226 e. The fourth-order valence-corrected chi connectivity index (χ4v) is 3.16. The monoisotopic (exact) mass is 288 g/mol. The summed E-state index contributed by atoms with van der Waals surface area (Å²) < 4.78 is 5.91. The Morgan fingerprint density at radius 1 is 1.33 bits per heavy atom. The van der Waals surface area contributed by atoms with Crippen LogP contribution in [-0.4, -0.2) is 52.0 Å². The minimum Gasteiger partial charge on any atom is -0.371 e. The van der Waals surface area contributed by atoms with Crippen LogP contribution in [0, 0.1) is 0 Å². The van der Waals surface area contributed by atoms with Crippen molar-refractivity contribution in [2.45, 2.75) is 38.4 Å². The van der Waals surface area contributed by atoms with Gasteiger partial charge in [-0.15, -0.1) is 0 Å². The SMILES string of the molecule is CCCNc1nc(N2CC3CCC(C2)O3)c2cn[nH]c2n1. The second-order valence-electron chi connectivity index (χ2n) is 5.79. The van der Waals surface area contributed by atoms with E-state index in [0.717, 1.165) is 55.7 Å². The van der Waals surface area contributed by atoms with Gasteiger partial charge >= 0.3 is 0 Å². The predicted octanol–water partition coefficient (Wildman–Crippen LogP) is 1.54. The zero-order valence-corrected chi connectivity index (χ0v) is 12.2. The summed E-state index contributed by atoms with van der Waals surface area (Å²) >= 11 is 0. The average Bonchev–Trinajstić information content (AvgIpc) is 3.10. The zero-order chi connectivity index (χ0) is 14.2. The fraction of sp³-hybridized carbons (Fsp3) is 0.643. The van der Waals surface area contributed by atoms with Gasteiger partial charge in [0.15, 0.2) is 5.65 Å². The summed E-state index contributed by atoms with van der Waals surface area (Å²) in [5, 5.41) is 11.3.